The van der Waals surface area contributed by atoms with Crippen LogP contribution in [0, 0.1) is 0 Å². The van der Waals surface area contributed by atoms with Gasteiger partial charge in [0.2, 0.25) is 5.91 Å². The lowest BCUT2D eigenvalue weighted by Gasteiger charge is -2.23. The van der Waals surface area contributed by atoms with Crippen molar-refractivity contribution in [3.63, 3.8) is 0 Å². The number of hydrogen-bond acceptors (Lipinski definition) is 4. The van der Waals surface area contributed by atoms with E-state index in [1.54, 1.807) is 19.3 Å². The van der Waals surface area contributed by atoms with Crippen LogP contribution >= 0.6 is 0 Å². The van der Waals surface area contributed by atoms with Crippen LogP contribution in [0.25, 0.3) is 27.7 Å². The molecule has 2 N–H and O–H groups in total. The van der Waals surface area contributed by atoms with Gasteiger partial charge in [-0.2, -0.15) is 5.10 Å². The minimum atomic E-state index is -0.724. The second-order valence-corrected chi connectivity index (χ2v) is 10.7. The molecule has 3 aromatic carbocycles. The van der Waals surface area contributed by atoms with E-state index < -0.39 is 6.04 Å². The van der Waals surface area contributed by atoms with Gasteiger partial charge in [-0.15, -0.1) is 0 Å². The molecule has 7 nitrogen and oxygen atoms in total. The van der Waals surface area contributed by atoms with Crippen molar-refractivity contribution < 1.29 is 9.59 Å². The van der Waals surface area contributed by atoms with Gasteiger partial charge in [-0.25, -0.2) is 4.68 Å². The first-order valence-corrected chi connectivity index (χ1v) is 14.3. The molecular weight excluding hydrogens is 510 g/mol. The Kier molecular flexibility index (Phi) is 7.58. The van der Waals surface area contributed by atoms with Crippen LogP contribution in [0.2, 0.25) is 0 Å². The molecule has 1 aliphatic carbocycles. The van der Waals surface area contributed by atoms with Gasteiger partial charge in [-0.3, -0.25) is 14.6 Å². The second kappa shape index (κ2) is 11.8. The van der Waals surface area contributed by atoms with Crippen molar-refractivity contribution in [2.24, 2.45) is 0 Å². The maximum atomic E-state index is 13.2. The summed E-state index contributed by atoms with van der Waals surface area (Å²) in [6, 6.07) is 26.6. The summed E-state index contributed by atoms with van der Waals surface area (Å²) < 4.78 is 2.05. The highest BCUT2D eigenvalue weighted by atomic mass is 16.2. The van der Waals surface area contributed by atoms with Gasteiger partial charge in [-0.1, -0.05) is 55.7 Å². The van der Waals surface area contributed by atoms with E-state index in [-0.39, 0.29) is 11.8 Å². The summed E-state index contributed by atoms with van der Waals surface area (Å²) in [7, 11) is 0. The largest absolute Gasteiger partial charge is 0.341 e. The molecule has 0 bridgehead atoms. The van der Waals surface area contributed by atoms with Crippen molar-refractivity contribution in [1.82, 2.24) is 20.1 Å². The van der Waals surface area contributed by atoms with Gasteiger partial charge in [0, 0.05) is 34.9 Å². The number of benzene rings is 3. The van der Waals surface area contributed by atoms with Crippen molar-refractivity contribution in [3.05, 3.63) is 109 Å². The average Bonchev–Trinajstić information content (AvgIpc) is 3.41. The van der Waals surface area contributed by atoms with Gasteiger partial charge in [0.1, 0.15) is 6.04 Å². The van der Waals surface area contributed by atoms with Crippen LogP contribution in [-0.2, 0) is 4.79 Å². The summed E-state index contributed by atoms with van der Waals surface area (Å²) in [6.07, 6.45) is 9.52. The number of hydrogen-bond donors (Lipinski definition) is 2. The molecule has 2 aromatic heterocycles. The highest BCUT2D eigenvalue weighted by molar-refractivity contribution is 6.02. The second-order valence-electron chi connectivity index (χ2n) is 10.7. The van der Waals surface area contributed by atoms with Crippen LogP contribution in [0.5, 0.6) is 0 Å². The lowest BCUT2D eigenvalue weighted by Crippen LogP contribution is -2.41. The fourth-order valence-electron chi connectivity index (χ4n) is 5.67. The van der Waals surface area contributed by atoms with Crippen molar-refractivity contribution in [2.45, 2.75) is 51.0 Å². The van der Waals surface area contributed by atoms with Crippen molar-refractivity contribution in [2.75, 3.05) is 5.32 Å². The summed E-state index contributed by atoms with van der Waals surface area (Å²) >= 11 is 0. The Bertz CT molecular complexity index is 1660. The molecule has 206 valence electrons. The smallest absolute Gasteiger partial charge is 0.251 e. The van der Waals surface area contributed by atoms with E-state index in [2.05, 4.69) is 32.4 Å². The van der Waals surface area contributed by atoms with Crippen LogP contribution in [-0.4, -0.2) is 32.6 Å². The quantitative estimate of drug-likeness (QED) is 0.234. The molecular formula is C34H33N5O2. The first-order chi connectivity index (χ1) is 20.1. The van der Waals surface area contributed by atoms with Gasteiger partial charge in [-0.05, 0) is 79.4 Å². The lowest BCUT2D eigenvalue weighted by molar-refractivity contribution is -0.117. The maximum Gasteiger partial charge on any atom is 0.251 e. The van der Waals surface area contributed by atoms with Crippen molar-refractivity contribution in [3.8, 4) is 16.8 Å². The fraction of sp³-hybridized carbons (Fsp3) is 0.235. The highest BCUT2D eigenvalue weighted by Crippen LogP contribution is 2.38. The zero-order valence-corrected chi connectivity index (χ0v) is 23.1. The molecule has 0 aliphatic heterocycles. The molecule has 1 fully saturated rings. The Morgan fingerprint density at radius 3 is 2.29 bits per heavy atom. The minimum Gasteiger partial charge on any atom is -0.341 e. The summed E-state index contributed by atoms with van der Waals surface area (Å²) in [6.45, 7) is 1.68. The van der Waals surface area contributed by atoms with E-state index in [0.29, 0.717) is 17.2 Å². The Morgan fingerprint density at radius 2 is 1.56 bits per heavy atom. The topological polar surface area (TPSA) is 88.9 Å². The van der Waals surface area contributed by atoms with Gasteiger partial charge in [0.25, 0.3) is 5.91 Å². The third-order valence-corrected chi connectivity index (χ3v) is 7.87. The Balaban J connectivity index is 1.17. The fourth-order valence-corrected chi connectivity index (χ4v) is 5.67. The van der Waals surface area contributed by atoms with Crippen molar-refractivity contribution in [1.29, 1.82) is 0 Å². The van der Waals surface area contributed by atoms with Crippen LogP contribution < -0.4 is 10.6 Å². The number of amides is 2. The normalized spacial score (nSPS) is 14.5. The number of rotatable bonds is 7. The summed E-state index contributed by atoms with van der Waals surface area (Å²) in [5.41, 5.74) is 6.26. The molecule has 0 radical (unpaired) electrons. The highest BCUT2D eigenvalue weighted by Gasteiger charge is 2.25. The Labute approximate surface area is 239 Å². The van der Waals surface area contributed by atoms with Gasteiger partial charge < -0.3 is 10.6 Å². The lowest BCUT2D eigenvalue weighted by atomic mass is 9.85. The number of aromatic nitrogens is 3. The summed E-state index contributed by atoms with van der Waals surface area (Å²) in [5, 5.41) is 11.8. The van der Waals surface area contributed by atoms with Crippen LogP contribution in [0.3, 0.4) is 0 Å². The molecule has 0 unspecified atom stereocenters. The van der Waals surface area contributed by atoms with E-state index in [1.165, 1.54) is 25.0 Å². The number of pyridine rings is 1. The molecule has 0 saturated heterocycles. The van der Waals surface area contributed by atoms with Crippen LogP contribution in [0.15, 0.2) is 97.3 Å². The number of nitrogens with zero attached hydrogens (tertiary/aromatic N) is 3. The third kappa shape index (κ3) is 5.75. The average molecular weight is 544 g/mol. The van der Waals surface area contributed by atoms with E-state index >= 15 is 0 Å². The molecule has 1 saturated carbocycles. The van der Waals surface area contributed by atoms with E-state index in [9.17, 15) is 9.59 Å². The number of nitrogens with one attached hydrogen (secondary N) is 2. The van der Waals surface area contributed by atoms with E-state index in [0.717, 1.165) is 40.6 Å². The van der Waals surface area contributed by atoms with Gasteiger partial charge in [0.15, 0.2) is 0 Å². The van der Waals surface area contributed by atoms with Crippen LogP contribution in [0.1, 0.15) is 61.0 Å². The predicted octanol–water partition coefficient (Wildman–Crippen LogP) is 6.89. The first-order valence-electron chi connectivity index (χ1n) is 14.3. The maximum absolute atomic E-state index is 13.2. The molecule has 2 heterocycles. The molecule has 1 atom stereocenters. The molecule has 6 rings (SSSR count). The van der Waals surface area contributed by atoms with Gasteiger partial charge in [0.05, 0.1) is 16.9 Å². The Hall–Kier alpha value is -4.78. The standard InChI is InChI=1S/C34H33N5O2/c1-23(33(40)37-28-15-12-24(13-16-28)25-18-20-35-21-19-25)36-34(41)27-14-17-30-31(22-27)38-39(29-10-6-3-7-11-29)32(30)26-8-4-2-5-9-26/h3,6-7,10-23,26H,2,4-5,8-9H2,1H3,(H,36,41)(H,37,40)/t23-/m1/s1. The minimum absolute atomic E-state index is 0.288. The molecule has 1 aliphatic rings. The molecule has 41 heavy (non-hydrogen) atoms. The predicted molar refractivity (Wildman–Crippen MR) is 162 cm³/mol. The summed E-state index contributed by atoms with van der Waals surface area (Å²) in [5.74, 6) is -0.156. The first kappa shape index (κ1) is 26.4. The number of fused-ring (bicyclic) bond motifs is 1. The van der Waals surface area contributed by atoms with Crippen LogP contribution in [0.4, 0.5) is 5.69 Å². The molecule has 5 aromatic rings. The number of carbonyl (C=O) groups is 2. The van der Waals surface area contributed by atoms with E-state index in [1.807, 2.05) is 72.8 Å². The molecule has 7 heteroatoms. The molecule has 2 amide bonds. The number of carbonyl (C=O) groups excluding carboxylic acids is 2. The van der Waals surface area contributed by atoms with Gasteiger partial charge >= 0.3 is 0 Å². The monoisotopic (exact) mass is 543 g/mol. The Morgan fingerprint density at radius 1 is 0.854 bits per heavy atom. The third-order valence-electron chi connectivity index (χ3n) is 7.87. The number of anilines is 1. The summed E-state index contributed by atoms with van der Waals surface area (Å²) in [4.78, 5) is 30.1. The van der Waals surface area contributed by atoms with E-state index in [4.69, 9.17) is 5.10 Å². The zero-order chi connectivity index (χ0) is 28.2. The SMILES string of the molecule is C[C@@H](NC(=O)c1ccc2c(C3CCCCC3)n(-c3ccccc3)nc2c1)C(=O)Nc1ccc(-c2ccncc2)cc1. The zero-order valence-electron chi connectivity index (χ0n) is 23.1. The number of para-hydroxylation sites is 1. The molecule has 0 spiro atoms. The van der Waals surface area contributed by atoms with Crippen molar-refractivity contribution >= 4 is 28.4 Å².